The van der Waals surface area contributed by atoms with Gasteiger partial charge in [0.05, 0.1) is 23.0 Å². The molecule has 1 aromatic carbocycles. The monoisotopic (exact) mass is 320 g/mol. The van der Waals surface area contributed by atoms with E-state index in [9.17, 15) is 8.42 Å². The molecule has 118 valence electrons. The molecule has 0 aliphatic rings. The van der Waals surface area contributed by atoms with Crippen molar-refractivity contribution in [2.75, 3.05) is 23.7 Å². The third kappa shape index (κ3) is 3.36. The van der Waals surface area contributed by atoms with Gasteiger partial charge >= 0.3 is 0 Å². The van der Waals surface area contributed by atoms with E-state index in [2.05, 4.69) is 14.7 Å². The zero-order valence-corrected chi connectivity index (χ0v) is 14.2. The number of rotatable bonds is 4. The van der Waals surface area contributed by atoms with Crippen LogP contribution in [-0.2, 0) is 10.0 Å². The third-order valence-electron chi connectivity index (χ3n) is 3.37. The zero-order chi connectivity index (χ0) is 16.5. The van der Waals surface area contributed by atoms with Crippen molar-refractivity contribution >= 4 is 21.7 Å². The number of nitrogens with zero attached hydrogens (tertiary/aromatic N) is 3. The molecule has 0 aliphatic carbocycles. The quantitative estimate of drug-likeness (QED) is 0.935. The summed E-state index contributed by atoms with van der Waals surface area (Å²) in [4.78, 5) is 10.2. The normalized spacial score (nSPS) is 11.3. The van der Waals surface area contributed by atoms with Gasteiger partial charge in [0.1, 0.15) is 0 Å². The van der Waals surface area contributed by atoms with Crippen LogP contribution in [0.5, 0.6) is 0 Å². The van der Waals surface area contributed by atoms with Crippen LogP contribution in [0, 0.1) is 20.8 Å². The molecule has 0 saturated heterocycles. The lowest BCUT2D eigenvalue weighted by Crippen LogP contribution is -2.16. The predicted molar refractivity (Wildman–Crippen MR) is 87.8 cm³/mol. The number of hydrogen-bond acceptors (Lipinski definition) is 5. The number of aryl methyl sites for hydroxylation is 3. The van der Waals surface area contributed by atoms with E-state index in [1.54, 1.807) is 17.9 Å². The molecule has 0 amide bonds. The second-order valence-corrected chi connectivity index (χ2v) is 7.12. The molecule has 0 spiro atoms. The number of benzene rings is 1. The highest BCUT2D eigenvalue weighted by molar-refractivity contribution is 7.92. The van der Waals surface area contributed by atoms with Crippen LogP contribution in [0.25, 0.3) is 0 Å². The standard InChI is InChI=1S/C15H20N4O2S/c1-10-6-12(3)14(7-11(10)2)22(20,21)18-13-8-16-15(17-9-13)19(4)5/h6-9,18H,1-5H3. The second-order valence-electron chi connectivity index (χ2n) is 5.47. The highest BCUT2D eigenvalue weighted by Gasteiger charge is 2.18. The van der Waals surface area contributed by atoms with Gasteiger partial charge in [0, 0.05) is 14.1 Å². The fraction of sp³-hybridized carbons (Fsp3) is 0.333. The summed E-state index contributed by atoms with van der Waals surface area (Å²) in [7, 11) is -0.0258. The fourth-order valence-corrected chi connectivity index (χ4v) is 3.38. The van der Waals surface area contributed by atoms with Gasteiger partial charge in [-0.25, -0.2) is 18.4 Å². The molecular weight excluding hydrogens is 300 g/mol. The molecule has 22 heavy (non-hydrogen) atoms. The van der Waals surface area contributed by atoms with E-state index in [4.69, 9.17) is 0 Å². The van der Waals surface area contributed by atoms with Gasteiger partial charge in [-0.3, -0.25) is 4.72 Å². The fourth-order valence-electron chi connectivity index (χ4n) is 2.04. The van der Waals surface area contributed by atoms with E-state index in [1.165, 1.54) is 12.4 Å². The predicted octanol–water partition coefficient (Wildman–Crippen LogP) is 2.27. The SMILES string of the molecule is Cc1cc(C)c(S(=O)(=O)Nc2cnc(N(C)C)nc2)cc1C. The first-order chi connectivity index (χ1) is 10.2. The Morgan fingerprint density at radius 3 is 2.05 bits per heavy atom. The van der Waals surface area contributed by atoms with Crippen LogP contribution < -0.4 is 9.62 Å². The third-order valence-corrected chi connectivity index (χ3v) is 4.89. The van der Waals surface area contributed by atoms with Crippen molar-refractivity contribution in [2.24, 2.45) is 0 Å². The van der Waals surface area contributed by atoms with Crippen LogP contribution in [0.15, 0.2) is 29.4 Å². The van der Waals surface area contributed by atoms with Gasteiger partial charge in [-0.15, -0.1) is 0 Å². The van der Waals surface area contributed by atoms with Gasteiger partial charge < -0.3 is 4.90 Å². The molecule has 7 heteroatoms. The lowest BCUT2D eigenvalue weighted by molar-refractivity contribution is 0.600. The number of aromatic nitrogens is 2. The molecule has 1 aromatic heterocycles. The van der Waals surface area contributed by atoms with Gasteiger partial charge in [-0.05, 0) is 43.5 Å². The lowest BCUT2D eigenvalue weighted by atomic mass is 10.1. The molecule has 0 fully saturated rings. The van der Waals surface area contributed by atoms with Crippen molar-refractivity contribution < 1.29 is 8.42 Å². The molecule has 0 aliphatic heterocycles. The Balaban J connectivity index is 2.33. The maximum absolute atomic E-state index is 12.5. The minimum Gasteiger partial charge on any atom is -0.347 e. The molecule has 0 unspecified atom stereocenters. The summed E-state index contributed by atoms with van der Waals surface area (Å²) in [6, 6.07) is 3.55. The Labute approximate surface area is 131 Å². The smallest absolute Gasteiger partial charge is 0.262 e. The van der Waals surface area contributed by atoms with Crippen LogP contribution in [0.4, 0.5) is 11.6 Å². The summed E-state index contributed by atoms with van der Waals surface area (Å²) in [6.07, 6.45) is 2.91. The molecule has 0 atom stereocenters. The summed E-state index contributed by atoms with van der Waals surface area (Å²) in [5.41, 5.74) is 3.05. The first-order valence-electron chi connectivity index (χ1n) is 6.81. The molecule has 6 nitrogen and oxygen atoms in total. The highest BCUT2D eigenvalue weighted by Crippen LogP contribution is 2.22. The number of anilines is 2. The minimum absolute atomic E-state index is 0.271. The van der Waals surface area contributed by atoms with Crippen molar-refractivity contribution in [1.29, 1.82) is 0 Å². The average molecular weight is 320 g/mol. The zero-order valence-electron chi connectivity index (χ0n) is 13.4. The topological polar surface area (TPSA) is 75.2 Å². The van der Waals surface area contributed by atoms with Crippen LogP contribution in [0.2, 0.25) is 0 Å². The lowest BCUT2D eigenvalue weighted by Gasteiger charge is -2.13. The minimum atomic E-state index is -3.66. The Hall–Kier alpha value is -2.15. The summed E-state index contributed by atoms with van der Waals surface area (Å²) in [6.45, 7) is 5.63. The Kier molecular flexibility index (Phi) is 4.37. The van der Waals surface area contributed by atoms with Crippen molar-refractivity contribution in [2.45, 2.75) is 25.7 Å². The van der Waals surface area contributed by atoms with E-state index in [0.29, 0.717) is 17.2 Å². The van der Waals surface area contributed by atoms with Crippen LogP contribution in [-0.4, -0.2) is 32.5 Å². The molecule has 2 aromatic rings. The summed E-state index contributed by atoms with van der Waals surface area (Å²) in [5, 5.41) is 0. The molecule has 0 saturated carbocycles. The number of nitrogens with one attached hydrogen (secondary N) is 1. The second kappa shape index (κ2) is 5.92. The molecule has 2 rings (SSSR count). The van der Waals surface area contributed by atoms with E-state index in [-0.39, 0.29) is 4.90 Å². The van der Waals surface area contributed by atoms with E-state index < -0.39 is 10.0 Å². The summed E-state index contributed by atoms with van der Waals surface area (Å²) < 4.78 is 27.6. The van der Waals surface area contributed by atoms with Crippen LogP contribution in [0.3, 0.4) is 0 Å². The number of hydrogen-bond donors (Lipinski definition) is 1. The average Bonchev–Trinajstić information content (AvgIpc) is 2.42. The largest absolute Gasteiger partial charge is 0.347 e. The van der Waals surface area contributed by atoms with Gasteiger partial charge in [-0.2, -0.15) is 0 Å². The molecule has 0 bridgehead atoms. The number of sulfonamides is 1. The first kappa shape index (κ1) is 16.2. The maximum atomic E-state index is 12.5. The van der Waals surface area contributed by atoms with E-state index >= 15 is 0 Å². The van der Waals surface area contributed by atoms with Gasteiger partial charge in [0.2, 0.25) is 5.95 Å². The maximum Gasteiger partial charge on any atom is 0.262 e. The van der Waals surface area contributed by atoms with E-state index in [1.807, 2.05) is 34.0 Å². The highest BCUT2D eigenvalue weighted by atomic mass is 32.2. The van der Waals surface area contributed by atoms with Crippen LogP contribution >= 0.6 is 0 Å². The summed E-state index contributed by atoms with van der Waals surface area (Å²) >= 11 is 0. The van der Waals surface area contributed by atoms with E-state index in [0.717, 1.165) is 11.1 Å². The van der Waals surface area contributed by atoms with Crippen molar-refractivity contribution in [3.05, 3.63) is 41.2 Å². The Bertz CT molecular complexity index is 784. The molecule has 0 radical (unpaired) electrons. The van der Waals surface area contributed by atoms with Crippen molar-refractivity contribution in [1.82, 2.24) is 9.97 Å². The van der Waals surface area contributed by atoms with Gasteiger partial charge in [-0.1, -0.05) is 6.07 Å². The van der Waals surface area contributed by atoms with Gasteiger partial charge in [0.15, 0.2) is 0 Å². The molecule has 1 heterocycles. The Morgan fingerprint density at radius 2 is 1.50 bits per heavy atom. The van der Waals surface area contributed by atoms with Crippen molar-refractivity contribution in [3.63, 3.8) is 0 Å². The van der Waals surface area contributed by atoms with Gasteiger partial charge in [0.25, 0.3) is 10.0 Å². The Morgan fingerprint density at radius 1 is 0.955 bits per heavy atom. The first-order valence-corrected chi connectivity index (χ1v) is 8.29. The summed E-state index contributed by atoms with van der Waals surface area (Å²) in [5.74, 6) is 0.519. The van der Waals surface area contributed by atoms with Crippen molar-refractivity contribution in [3.8, 4) is 0 Å². The van der Waals surface area contributed by atoms with Crippen LogP contribution in [0.1, 0.15) is 16.7 Å². The molecule has 1 N–H and O–H groups in total. The molecular formula is C15H20N4O2S.